The van der Waals surface area contributed by atoms with Gasteiger partial charge < -0.3 is 4.42 Å². The predicted molar refractivity (Wildman–Crippen MR) is 227 cm³/mol. The molecule has 1 heterocycles. The fourth-order valence-corrected chi connectivity index (χ4v) is 8.29. The highest BCUT2D eigenvalue weighted by atomic mass is 16.3. The van der Waals surface area contributed by atoms with Crippen molar-refractivity contribution in [3.05, 3.63) is 229 Å². The molecule has 1 aromatic heterocycles. The molecule has 9 aromatic carbocycles. The Morgan fingerprint density at radius 1 is 0.315 bits per heavy atom. The van der Waals surface area contributed by atoms with Gasteiger partial charge in [0.05, 0.1) is 0 Å². The minimum atomic E-state index is -0.0432. The van der Waals surface area contributed by atoms with Crippen molar-refractivity contribution in [2.45, 2.75) is 5.92 Å². The molecule has 0 aliphatic heterocycles. The van der Waals surface area contributed by atoms with Crippen LogP contribution in [-0.4, -0.2) is 0 Å². The van der Waals surface area contributed by atoms with E-state index in [-0.39, 0.29) is 5.92 Å². The van der Waals surface area contributed by atoms with Gasteiger partial charge in [-0.15, -0.1) is 0 Å². The van der Waals surface area contributed by atoms with Gasteiger partial charge in [-0.25, -0.2) is 0 Å². The minimum absolute atomic E-state index is 0.0432. The van der Waals surface area contributed by atoms with E-state index in [0.717, 1.165) is 16.6 Å². The van der Waals surface area contributed by atoms with Gasteiger partial charge in [-0.1, -0.05) is 194 Å². The van der Waals surface area contributed by atoms with Gasteiger partial charge in [-0.05, 0) is 84.8 Å². The van der Waals surface area contributed by atoms with E-state index in [4.69, 9.17) is 4.42 Å². The third-order valence-electron chi connectivity index (χ3n) is 10.8. The van der Waals surface area contributed by atoms with Crippen LogP contribution in [0.25, 0.3) is 77.2 Å². The second kappa shape index (κ2) is 13.5. The van der Waals surface area contributed by atoms with Crippen LogP contribution in [0.1, 0.15) is 22.6 Å². The van der Waals surface area contributed by atoms with Gasteiger partial charge in [0.15, 0.2) is 0 Å². The Balaban J connectivity index is 1.22. The van der Waals surface area contributed by atoms with Crippen molar-refractivity contribution in [2.75, 3.05) is 0 Å². The second-order valence-electron chi connectivity index (χ2n) is 14.0. The van der Waals surface area contributed by atoms with Crippen LogP contribution in [0, 0.1) is 0 Å². The molecular formula is C53H36O. The van der Waals surface area contributed by atoms with Crippen molar-refractivity contribution in [1.29, 1.82) is 0 Å². The summed E-state index contributed by atoms with van der Waals surface area (Å²) in [6.45, 7) is 0. The average molecular weight is 689 g/mol. The van der Waals surface area contributed by atoms with Crippen LogP contribution in [0.15, 0.2) is 217 Å². The van der Waals surface area contributed by atoms with Crippen LogP contribution < -0.4 is 0 Å². The van der Waals surface area contributed by atoms with Crippen molar-refractivity contribution in [1.82, 2.24) is 0 Å². The van der Waals surface area contributed by atoms with Gasteiger partial charge in [-0.2, -0.15) is 0 Å². The number of hydrogen-bond acceptors (Lipinski definition) is 1. The lowest BCUT2D eigenvalue weighted by atomic mass is 9.79. The fourth-order valence-electron chi connectivity index (χ4n) is 8.29. The van der Waals surface area contributed by atoms with Gasteiger partial charge in [0.2, 0.25) is 0 Å². The van der Waals surface area contributed by atoms with E-state index in [1.54, 1.807) is 0 Å². The quantitative estimate of drug-likeness (QED) is 0.152. The largest absolute Gasteiger partial charge is 0.456 e. The Bertz CT molecular complexity index is 2920. The molecule has 0 saturated heterocycles. The molecule has 0 N–H and O–H groups in total. The van der Waals surface area contributed by atoms with E-state index >= 15 is 0 Å². The number of benzene rings is 9. The second-order valence-corrected chi connectivity index (χ2v) is 14.0. The summed E-state index contributed by atoms with van der Waals surface area (Å²) < 4.78 is 6.37. The molecule has 0 spiro atoms. The van der Waals surface area contributed by atoms with E-state index in [1.165, 1.54) is 77.4 Å². The summed E-state index contributed by atoms with van der Waals surface area (Å²) in [7, 11) is 0. The van der Waals surface area contributed by atoms with Crippen molar-refractivity contribution in [3.63, 3.8) is 0 Å². The molecule has 0 fully saturated rings. The first-order valence-electron chi connectivity index (χ1n) is 18.6. The molecule has 1 heteroatoms. The molecule has 0 radical (unpaired) electrons. The molecular weight excluding hydrogens is 653 g/mol. The zero-order chi connectivity index (χ0) is 35.8. The lowest BCUT2D eigenvalue weighted by Gasteiger charge is -2.24. The SMILES string of the molecule is c1ccc(-c2cccc(C(c3cccc(-c4cccc5ccc6oc7ccccc7c6c45)c3)c3ccc(-c4ccccc4)cc3-c3ccccc3)c2)cc1. The maximum Gasteiger partial charge on any atom is 0.136 e. The van der Waals surface area contributed by atoms with Crippen molar-refractivity contribution in [3.8, 4) is 44.5 Å². The molecule has 254 valence electrons. The number of rotatable bonds is 7. The van der Waals surface area contributed by atoms with Crippen molar-refractivity contribution in [2.24, 2.45) is 0 Å². The molecule has 0 amide bonds. The zero-order valence-corrected chi connectivity index (χ0v) is 29.7. The summed E-state index contributed by atoms with van der Waals surface area (Å²) in [6.07, 6.45) is 0. The Morgan fingerprint density at radius 3 is 1.61 bits per heavy atom. The number of para-hydroxylation sites is 1. The lowest BCUT2D eigenvalue weighted by molar-refractivity contribution is 0.669. The van der Waals surface area contributed by atoms with E-state index in [1.807, 2.05) is 6.07 Å². The standard InChI is InChI=1S/C53H36O/c1-4-15-36(16-5-1)40-22-12-24-43(33-40)51(46-31-29-41(37-17-6-2-7-18-37)35-48(46)38-19-8-3-9-20-38)44-25-13-23-42(34-44)45-27-14-21-39-30-32-50-53(52(39)45)47-26-10-11-28-49(47)54-50/h1-35,51H. The fraction of sp³-hybridized carbons (Fsp3) is 0.0189. The molecule has 0 aliphatic carbocycles. The number of fused-ring (bicyclic) bond motifs is 5. The summed E-state index contributed by atoms with van der Waals surface area (Å²) in [5.74, 6) is -0.0432. The molecule has 54 heavy (non-hydrogen) atoms. The van der Waals surface area contributed by atoms with Crippen LogP contribution >= 0.6 is 0 Å². The van der Waals surface area contributed by atoms with Crippen LogP contribution in [-0.2, 0) is 0 Å². The zero-order valence-electron chi connectivity index (χ0n) is 29.7. The van der Waals surface area contributed by atoms with E-state index in [9.17, 15) is 0 Å². The average Bonchev–Trinajstić information content (AvgIpc) is 3.64. The summed E-state index contributed by atoms with van der Waals surface area (Å²) >= 11 is 0. The van der Waals surface area contributed by atoms with Gasteiger partial charge in [0.1, 0.15) is 11.2 Å². The topological polar surface area (TPSA) is 13.1 Å². The lowest BCUT2D eigenvalue weighted by Crippen LogP contribution is -2.06. The molecule has 1 atom stereocenters. The first-order chi connectivity index (χ1) is 26.8. The van der Waals surface area contributed by atoms with Crippen molar-refractivity contribution < 1.29 is 4.42 Å². The number of furan rings is 1. The molecule has 1 unspecified atom stereocenters. The van der Waals surface area contributed by atoms with Crippen molar-refractivity contribution >= 4 is 32.7 Å². The van der Waals surface area contributed by atoms with Crippen LogP contribution in [0.4, 0.5) is 0 Å². The van der Waals surface area contributed by atoms with E-state index in [0.29, 0.717) is 0 Å². The Morgan fingerprint density at radius 2 is 0.889 bits per heavy atom. The summed E-state index contributed by atoms with van der Waals surface area (Å²) in [6, 6.07) is 76.9. The molecule has 0 saturated carbocycles. The predicted octanol–water partition coefficient (Wildman–Crippen LogP) is 14.6. The maximum absolute atomic E-state index is 6.37. The van der Waals surface area contributed by atoms with E-state index in [2.05, 4.69) is 206 Å². The molecule has 10 aromatic rings. The smallest absolute Gasteiger partial charge is 0.136 e. The molecule has 0 bridgehead atoms. The maximum atomic E-state index is 6.37. The van der Waals surface area contributed by atoms with Gasteiger partial charge in [0, 0.05) is 22.1 Å². The van der Waals surface area contributed by atoms with Gasteiger partial charge in [0.25, 0.3) is 0 Å². The highest BCUT2D eigenvalue weighted by molar-refractivity contribution is 6.22. The van der Waals surface area contributed by atoms with Crippen LogP contribution in [0.5, 0.6) is 0 Å². The third kappa shape index (κ3) is 5.68. The summed E-state index contributed by atoms with van der Waals surface area (Å²) in [4.78, 5) is 0. The monoisotopic (exact) mass is 688 g/mol. The summed E-state index contributed by atoms with van der Waals surface area (Å²) in [5, 5.41) is 4.73. The molecule has 1 nitrogen and oxygen atoms in total. The van der Waals surface area contributed by atoms with Crippen LogP contribution in [0.3, 0.4) is 0 Å². The molecule has 0 aliphatic rings. The first kappa shape index (κ1) is 31.7. The Kier molecular flexibility index (Phi) is 7.96. The Hall–Kier alpha value is -6.96. The van der Waals surface area contributed by atoms with Gasteiger partial charge in [-0.3, -0.25) is 0 Å². The summed E-state index contributed by atoms with van der Waals surface area (Å²) in [5.41, 5.74) is 15.2. The minimum Gasteiger partial charge on any atom is -0.456 e. The van der Waals surface area contributed by atoms with Gasteiger partial charge >= 0.3 is 0 Å². The Labute approximate surface area is 315 Å². The number of hydrogen-bond donors (Lipinski definition) is 0. The third-order valence-corrected chi connectivity index (χ3v) is 10.8. The first-order valence-corrected chi connectivity index (χ1v) is 18.6. The normalized spacial score (nSPS) is 12.0. The molecule has 10 rings (SSSR count). The highest BCUT2D eigenvalue weighted by Gasteiger charge is 2.23. The van der Waals surface area contributed by atoms with E-state index < -0.39 is 0 Å². The van der Waals surface area contributed by atoms with Crippen LogP contribution in [0.2, 0.25) is 0 Å². The highest BCUT2D eigenvalue weighted by Crippen LogP contribution is 2.44.